The number of nitrogen functional groups attached to an aromatic ring is 1. The van der Waals surface area contributed by atoms with E-state index < -0.39 is 0 Å². The summed E-state index contributed by atoms with van der Waals surface area (Å²) in [6.07, 6.45) is 1.63. The van der Waals surface area contributed by atoms with Crippen molar-refractivity contribution in [1.82, 2.24) is 14.7 Å². The SMILES string of the molecule is Cc1nc2cccc(-c3cnoc3N)c2n1C. The number of aromatic nitrogens is 3. The fourth-order valence-electron chi connectivity index (χ4n) is 2.05. The van der Waals surface area contributed by atoms with Gasteiger partial charge in [0.05, 0.1) is 22.8 Å². The number of imidazole rings is 1. The topological polar surface area (TPSA) is 69.9 Å². The molecular formula is C12H12N4O. The van der Waals surface area contributed by atoms with E-state index in [2.05, 4.69) is 10.1 Å². The standard InChI is InChI=1S/C12H12N4O/c1-7-15-10-5-3-4-8(11(10)16(7)2)9-6-14-17-12(9)13/h3-6H,13H2,1-2H3. The van der Waals surface area contributed by atoms with Crippen LogP contribution in [0.3, 0.4) is 0 Å². The van der Waals surface area contributed by atoms with E-state index in [-0.39, 0.29) is 0 Å². The van der Waals surface area contributed by atoms with Crippen molar-refractivity contribution < 1.29 is 4.52 Å². The van der Waals surface area contributed by atoms with Crippen LogP contribution >= 0.6 is 0 Å². The van der Waals surface area contributed by atoms with Crippen LogP contribution in [0.25, 0.3) is 22.2 Å². The van der Waals surface area contributed by atoms with Crippen LogP contribution in [0, 0.1) is 6.92 Å². The van der Waals surface area contributed by atoms with Gasteiger partial charge in [-0.05, 0) is 13.0 Å². The number of rotatable bonds is 1. The molecule has 5 nitrogen and oxygen atoms in total. The zero-order chi connectivity index (χ0) is 12.0. The maximum Gasteiger partial charge on any atom is 0.230 e. The number of para-hydroxylation sites is 1. The van der Waals surface area contributed by atoms with E-state index in [9.17, 15) is 0 Å². The molecule has 86 valence electrons. The van der Waals surface area contributed by atoms with Gasteiger partial charge >= 0.3 is 0 Å². The molecule has 0 saturated heterocycles. The Bertz CT molecular complexity index is 696. The van der Waals surface area contributed by atoms with Gasteiger partial charge in [-0.25, -0.2) is 4.98 Å². The molecule has 0 bridgehead atoms. The molecule has 1 aromatic carbocycles. The van der Waals surface area contributed by atoms with Gasteiger partial charge in [0, 0.05) is 12.6 Å². The molecule has 0 unspecified atom stereocenters. The highest BCUT2D eigenvalue weighted by Gasteiger charge is 2.14. The van der Waals surface area contributed by atoms with E-state index >= 15 is 0 Å². The summed E-state index contributed by atoms with van der Waals surface area (Å²) in [4.78, 5) is 4.48. The van der Waals surface area contributed by atoms with E-state index in [0.717, 1.165) is 28.0 Å². The maximum absolute atomic E-state index is 5.76. The minimum absolute atomic E-state index is 0.330. The molecule has 0 aliphatic carbocycles. The van der Waals surface area contributed by atoms with Crippen LogP contribution in [0.2, 0.25) is 0 Å². The summed E-state index contributed by atoms with van der Waals surface area (Å²) in [6, 6.07) is 5.93. The first-order chi connectivity index (χ1) is 8.18. The Morgan fingerprint density at radius 3 is 2.82 bits per heavy atom. The summed E-state index contributed by atoms with van der Waals surface area (Å²) < 4.78 is 6.95. The lowest BCUT2D eigenvalue weighted by Gasteiger charge is -2.03. The largest absolute Gasteiger partial charge is 0.367 e. The molecule has 0 amide bonds. The summed E-state index contributed by atoms with van der Waals surface area (Å²) >= 11 is 0. The molecule has 2 heterocycles. The molecule has 0 atom stereocenters. The average Bonchev–Trinajstić information content (AvgIpc) is 2.85. The maximum atomic E-state index is 5.76. The number of fused-ring (bicyclic) bond motifs is 1. The first kappa shape index (κ1) is 9.89. The second kappa shape index (κ2) is 3.35. The molecule has 2 N–H and O–H groups in total. The lowest BCUT2D eigenvalue weighted by molar-refractivity contribution is 0.436. The second-order valence-corrected chi connectivity index (χ2v) is 4.00. The van der Waals surface area contributed by atoms with Gasteiger partial charge in [-0.15, -0.1) is 0 Å². The Morgan fingerprint density at radius 2 is 2.12 bits per heavy atom. The molecule has 2 aromatic heterocycles. The number of nitrogens with two attached hydrogens (primary N) is 1. The third-order valence-corrected chi connectivity index (χ3v) is 3.01. The van der Waals surface area contributed by atoms with Gasteiger partial charge < -0.3 is 14.8 Å². The number of benzene rings is 1. The first-order valence-electron chi connectivity index (χ1n) is 5.31. The quantitative estimate of drug-likeness (QED) is 0.692. The van der Waals surface area contributed by atoms with Crippen molar-refractivity contribution in [3.05, 3.63) is 30.2 Å². The fraction of sp³-hybridized carbons (Fsp3) is 0.167. The van der Waals surface area contributed by atoms with Crippen molar-refractivity contribution in [2.75, 3.05) is 5.73 Å². The van der Waals surface area contributed by atoms with Crippen molar-refractivity contribution in [3.63, 3.8) is 0 Å². The highest BCUT2D eigenvalue weighted by atomic mass is 16.5. The minimum Gasteiger partial charge on any atom is -0.367 e. The lowest BCUT2D eigenvalue weighted by Crippen LogP contribution is -1.93. The number of aryl methyl sites for hydroxylation is 2. The highest BCUT2D eigenvalue weighted by molar-refractivity contribution is 5.94. The van der Waals surface area contributed by atoms with Gasteiger partial charge in [0.2, 0.25) is 5.88 Å². The summed E-state index contributed by atoms with van der Waals surface area (Å²) in [5, 5.41) is 3.71. The van der Waals surface area contributed by atoms with Gasteiger partial charge in [0.25, 0.3) is 0 Å². The van der Waals surface area contributed by atoms with Crippen LogP contribution in [-0.4, -0.2) is 14.7 Å². The Hall–Kier alpha value is -2.30. The lowest BCUT2D eigenvalue weighted by atomic mass is 10.1. The van der Waals surface area contributed by atoms with E-state index in [1.54, 1.807) is 6.20 Å². The summed E-state index contributed by atoms with van der Waals surface area (Å²) in [6.45, 7) is 1.97. The molecule has 0 aliphatic heterocycles. The molecule has 3 rings (SSSR count). The van der Waals surface area contributed by atoms with Crippen molar-refractivity contribution in [3.8, 4) is 11.1 Å². The summed E-state index contributed by atoms with van der Waals surface area (Å²) in [7, 11) is 1.98. The van der Waals surface area contributed by atoms with Crippen LogP contribution in [0.4, 0.5) is 5.88 Å². The minimum atomic E-state index is 0.330. The Morgan fingerprint density at radius 1 is 1.29 bits per heavy atom. The van der Waals surface area contributed by atoms with E-state index in [1.165, 1.54) is 0 Å². The zero-order valence-electron chi connectivity index (χ0n) is 9.64. The predicted octanol–water partition coefficient (Wildman–Crippen LogP) is 2.12. The monoisotopic (exact) mass is 228 g/mol. The van der Waals surface area contributed by atoms with Crippen LogP contribution in [0.1, 0.15) is 5.82 Å². The first-order valence-corrected chi connectivity index (χ1v) is 5.31. The van der Waals surface area contributed by atoms with Gasteiger partial charge in [0.1, 0.15) is 5.82 Å². The normalized spacial score (nSPS) is 11.2. The third kappa shape index (κ3) is 1.32. The van der Waals surface area contributed by atoms with E-state index in [0.29, 0.717) is 5.88 Å². The smallest absolute Gasteiger partial charge is 0.230 e. The van der Waals surface area contributed by atoms with Crippen LogP contribution in [0.15, 0.2) is 28.9 Å². The molecule has 0 fully saturated rings. The Labute approximate surface area is 97.8 Å². The van der Waals surface area contributed by atoms with Crippen LogP contribution in [0.5, 0.6) is 0 Å². The Kier molecular flexibility index (Phi) is 1.95. The second-order valence-electron chi connectivity index (χ2n) is 4.00. The number of hydrogen-bond acceptors (Lipinski definition) is 4. The van der Waals surface area contributed by atoms with Crippen molar-refractivity contribution >= 4 is 16.9 Å². The van der Waals surface area contributed by atoms with Crippen molar-refractivity contribution in [2.45, 2.75) is 6.92 Å². The molecule has 5 heteroatoms. The summed E-state index contributed by atoms with van der Waals surface area (Å²) in [5.41, 5.74) is 9.54. The van der Waals surface area contributed by atoms with Gasteiger partial charge in [-0.1, -0.05) is 17.3 Å². The molecular weight excluding hydrogens is 216 g/mol. The van der Waals surface area contributed by atoms with Crippen molar-refractivity contribution in [1.29, 1.82) is 0 Å². The number of hydrogen-bond donors (Lipinski definition) is 1. The zero-order valence-corrected chi connectivity index (χ0v) is 9.64. The van der Waals surface area contributed by atoms with Gasteiger partial charge in [-0.2, -0.15) is 0 Å². The molecule has 0 aliphatic rings. The molecule has 3 aromatic rings. The fourth-order valence-corrected chi connectivity index (χ4v) is 2.05. The molecule has 0 saturated carbocycles. The average molecular weight is 228 g/mol. The predicted molar refractivity (Wildman–Crippen MR) is 65.4 cm³/mol. The number of nitrogens with zero attached hydrogens (tertiary/aromatic N) is 3. The third-order valence-electron chi connectivity index (χ3n) is 3.01. The van der Waals surface area contributed by atoms with E-state index in [1.807, 2.05) is 36.7 Å². The highest BCUT2D eigenvalue weighted by Crippen LogP contribution is 2.32. The van der Waals surface area contributed by atoms with Crippen molar-refractivity contribution in [2.24, 2.45) is 7.05 Å². The van der Waals surface area contributed by atoms with E-state index in [4.69, 9.17) is 10.3 Å². The molecule has 0 spiro atoms. The Balaban J connectivity index is 2.41. The van der Waals surface area contributed by atoms with Crippen LogP contribution < -0.4 is 5.73 Å². The van der Waals surface area contributed by atoms with Gasteiger partial charge in [-0.3, -0.25) is 0 Å². The van der Waals surface area contributed by atoms with Crippen LogP contribution in [-0.2, 0) is 7.05 Å². The molecule has 17 heavy (non-hydrogen) atoms. The molecule has 0 radical (unpaired) electrons. The number of anilines is 1. The van der Waals surface area contributed by atoms with Gasteiger partial charge in [0.15, 0.2) is 0 Å². The summed E-state index contributed by atoms with van der Waals surface area (Å²) in [5.74, 6) is 1.29.